The van der Waals surface area contributed by atoms with Gasteiger partial charge in [0.2, 0.25) is 0 Å². The lowest BCUT2D eigenvalue weighted by Crippen LogP contribution is -2.12. The summed E-state index contributed by atoms with van der Waals surface area (Å²) in [6.07, 6.45) is 4.21. The number of anilines is 1. The fourth-order valence-electron chi connectivity index (χ4n) is 1.32. The summed E-state index contributed by atoms with van der Waals surface area (Å²) in [4.78, 5) is 0. The molecule has 0 bridgehead atoms. The summed E-state index contributed by atoms with van der Waals surface area (Å²) in [7, 11) is 0. The molecule has 13 heavy (non-hydrogen) atoms. The zero-order chi connectivity index (χ0) is 9.68. The Labute approximate surface area is 80.5 Å². The average Bonchev–Trinajstić information content (AvgIpc) is 2.09. The van der Waals surface area contributed by atoms with Crippen molar-refractivity contribution in [2.45, 2.75) is 26.8 Å². The average molecular weight is 175 g/mol. The van der Waals surface area contributed by atoms with E-state index in [1.807, 2.05) is 6.92 Å². The molecule has 1 nitrogen and oxygen atoms in total. The molecule has 0 amide bonds. The maximum Gasteiger partial charge on any atom is 0.0416 e. The Balaban J connectivity index is 2.68. The van der Waals surface area contributed by atoms with Crippen molar-refractivity contribution in [1.82, 2.24) is 0 Å². The maximum atomic E-state index is 3.42. The zero-order valence-electron chi connectivity index (χ0n) is 8.54. The number of nitrogens with one attached hydrogen (secondary N) is 1. The highest BCUT2D eigenvalue weighted by Gasteiger charge is 1.98. The van der Waals surface area contributed by atoms with Crippen LogP contribution < -0.4 is 5.32 Å². The number of benzene rings is 1. The van der Waals surface area contributed by atoms with Crippen LogP contribution in [-0.4, -0.2) is 6.04 Å². The van der Waals surface area contributed by atoms with E-state index in [0.717, 1.165) is 0 Å². The van der Waals surface area contributed by atoms with Crippen LogP contribution in [0.25, 0.3) is 0 Å². The molecule has 0 aliphatic carbocycles. The van der Waals surface area contributed by atoms with Crippen LogP contribution in [0.1, 0.15) is 19.4 Å². The van der Waals surface area contributed by atoms with E-state index in [1.54, 1.807) is 0 Å². The van der Waals surface area contributed by atoms with Gasteiger partial charge >= 0.3 is 0 Å². The van der Waals surface area contributed by atoms with Gasteiger partial charge in [-0.05, 0) is 32.4 Å². The first-order valence-corrected chi connectivity index (χ1v) is 4.69. The Morgan fingerprint density at radius 2 is 2.00 bits per heavy atom. The molecular weight excluding hydrogens is 158 g/mol. The molecule has 0 aliphatic rings. The normalized spacial score (nSPS) is 13.2. The first-order chi connectivity index (χ1) is 6.24. The Kier molecular flexibility index (Phi) is 3.56. The SMILES string of the molecule is C/C=C\C(C)Nc1ccccc1C. The molecule has 1 unspecified atom stereocenters. The van der Waals surface area contributed by atoms with Crippen LogP contribution in [-0.2, 0) is 0 Å². The Hall–Kier alpha value is -1.24. The number of allylic oxidation sites excluding steroid dienone is 1. The van der Waals surface area contributed by atoms with Gasteiger partial charge < -0.3 is 5.32 Å². The smallest absolute Gasteiger partial charge is 0.0416 e. The monoisotopic (exact) mass is 175 g/mol. The topological polar surface area (TPSA) is 12.0 Å². The Morgan fingerprint density at radius 1 is 1.31 bits per heavy atom. The summed E-state index contributed by atoms with van der Waals surface area (Å²) in [5.74, 6) is 0. The number of hydrogen-bond acceptors (Lipinski definition) is 1. The standard InChI is InChI=1S/C12H17N/c1-4-7-11(3)13-12-9-6-5-8-10(12)2/h4-9,11,13H,1-3H3/b7-4-. The third kappa shape index (κ3) is 2.94. The Morgan fingerprint density at radius 3 is 2.62 bits per heavy atom. The molecule has 1 heteroatoms. The molecule has 0 saturated heterocycles. The van der Waals surface area contributed by atoms with E-state index in [9.17, 15) is 0 Å². The minimum atomic E-state index is 0.395. The minimum absolute atomic E-state index is 0.395. The summed E-state index contributed by atoms with van der Waals surface area (Å²) in [5.41, 5.74) is 2.51. The molecular formula is C12H17N. The van der Waals surface area contributed by atoms with E-state index in [0.29, 0.717) is 6.04 Å². The van der Waals surface area contributed by atoms with Crippen LogP contribution in [0, 0.1) is 6.92 Å². The lowest BCUT2D eigenvalue weighted by atomic mass is 10.2. The van der Waals surface area contributed by atoms with Gasteiger partial charge in [-0.3, -0.25) is 0 Å². The number of rotatable bonds is 3. The van der Waals surface area contributed by atoms with E-state index in [2.05, 4.69) is 55.6 Å². The van der Waals surface area contributed by atoms with Crippen LogP contribution >= 0.6 is 0 Å². The molecule has 0 heterocycles. The molecule has 1 aromatic carbocycles. The fourth-order valence-corrected chi connectivity index (χ4v) is 1.32. The van der Waals surface area contributed by atoms with Crippen molar-refractivity contribution in [3.05, 3.63) is 42.0 Å². The summed E-state index contributed by atoms with van der Waals surface area (Å²) in [5, 5.41) is 3.42. The van der Waals surface area contributed by atoms with Gasteiger partial charge in [0.15, 0.2) is 0 Å². The van der Waals surface area contributed by atoms with Crippen molar-refractivity contribution in [3.8, 4) is 0 Å². The van der Waals surface area contributed by atoms with E-state index in [4.69, 9.17) is 0 Å². The van der Waals surface area contributed by atoms with Crippen LogP contribution in [0.2, 0.25) is 0 Å². The van der Waals surface area contributed by atoms with E-state index < -0.39 is 0 Å². The predicted octanol–water partition coefficient (Wildman–Crippen LogP) is 3.37. The second-order valence-corrected chi connectivity index (χ2v) is 3.27. The number of para-hydroxylation sites is 1. The summed E-state index contributed by atoms with van der Waals surface area (Å²) >= 11 is 0. The van der Waals surface area contributed by atoms with Gasteiger partial charge in [-0.25, -0.2) is 0 Å². The van der Waals surface area contributed by atoms with Crippen LogP contribution in [0.15, 0.2) is 36.4 Å². The first kappa shape index (κ1) is 9.85. The molecule has 0 saturated carbocycles. The molecule has 0 radical (unpaired) electrons. The van der Waals surface area contributed by atoms with Crippen molar-refractivity contribution in [2.75, 3.05) is 5.32 Å². The molecule has 1 N–H and O–H groups in total. The van der Waals surface area contributed by atoms with Gasteiger partial charge in [-0.15, -0.1) is 0 Å². The highest BCUT2D eigenvalue weighted by molar-refractivity contribution is 5.51. The van der Waals surface area contributed by atoms with Crippen molar-refractivity contribution < 1.29 is 0 Å². The van der Waals surface area contributed by atoms with Crippen LogP contribution in [0.5, 0.6) is 0 Å². The minimum Gasteiger partial charge on any atom is -0.379 e. The third-order valence-corrected chi connectivity index (χ3v) is 2.01. The van der Waals surface area contributed by atoms with E-state index in [1.165, 1.54) is 11.3 Å². The quantitative estimate of drug-likeness (QED) is 0.694. The Bertz CT molecular complexity index is 289. The maximum absolute atomic E-state index is 3.42. The first-order valence-electron chi connectivity index (χ1n) is 4.69. The lowest BCUT2D eigenvalue weighted by molar-refractivity contribution is 0.991. The molecule has 0 fully saturated rings. The van der Waals surface area contributed by atoms with Gasteiger partial charge in [-0.1, -0.05) is 30.4 Å². The van der Waals surface area contributed by atoms with Gasteiger partial charge in [0.25, 0.3) is 0 Å². The second-order valence-electron chi connectivity index (χ2n) is 3.27. The number of aryl methyl sites for hydroxylation is 1. The highest BCUT2D eigenvalue weighted by atomic mass is 14.9. The van der Waals surface area contributed by atoms with Crippen LogP contribution in [0.4, 0.5) is 5.69 Å². The van der Waals surface area contributed by atoms with Gasteiger partial charge in [-0.2, -0.15) is 0 Å². The van der Waals surface area contributed by atoms with Gasteiger partial charge in [0.05, 0.1) is 0 Å². The van der Waals surface area contributed by atoms with Gasteiger partial charge in [0, 0.05) is 11.7 Å². The molecule has 1 aromatic rings. The van der Waals surface area contributed by atoms with Crippen molar-refractivity contribution >= 4 is 5.69 Å². The largest absolute Gasteiger partial charge is 0.379 e. The van der Waals surface area contributed by atoms with E-state index >= 15 is 0 Å². The zero-order valence-corrected chi connectivity index (χ0v) is 8.54. The second kappa shape index (κ2) is 4.70. The highest BCUT2D eigenvalue weighted by Crippen LogP contribution is 2.14. The van der Waals surface area contributed by atoms with Crippen molar-refractivity contribution in [1.29, 1.82) is 0 Å². The van der Waals surface area contributed by atoms with E-state index in [-0.39, 0.29) is 0 Å². The van der Waals surface area contributed by atoms with Crippen molar-refractivity contribution in [2.24, 2.45) is 0 Å². The molecule has 0 aromatic heterocycles. The molecule has 70 valence electrons. The molecule has 1 atom stereocenters. The molecule has 0 spiro atoms. The lowest BCUT2D eigenvalue weighted by Gasteiger charge is -2.13. The molecule has 1 rings (SSSR count). The summed E-state index contributed by atoms with van der Waals surface area (Å²) in [6.45, 7) is 6.30. The van der Waals surface area contributed by atoms with Crippen molar-refractivity contribution in [3.63, 3.8) is 0 Å². The fraction of sp³-hybridized carbons (Fsp3) is 0.333. The van der Waals surface area contributed by atoms with Gasteiger partial charge in [0.1, 0.15) is 0 Å². The summed E-state index contributed by atoms with van der Waals surface area (Å²) < 4.78 is 0. The third-order valence-electron chi connectivity index (χ3n) is 2.01. The molecule has 0 aliphatic heterocycles. The predicted molar refractivity (Wildman–Crippen MR) is 59.1 cm³/mol. The van der Waals surface area contributed by atoms with Crippen LogP contribution in [0.3, 0.4) is 0 Å². The number of hydrogen-bond donors (Lipinski definition) is 1. The summed E-state index contributed by atoms with van der Waals surface area (Å²) in [6, 6.07) is 8.73.